The fraction of sp³-hybridized carbons (Fsp3) is 0.571. The lowest BCUT2D eigenvalue weighted by molar-refractivity contribution is 0.323. The second-order valence-corrected chi connectivity index (χ2v) is 4.81. The van der Waals surface area contributed by atoms with Crippen molar-refractivity contribution in [2.24, 2.45) is 0 Å². The zero-order valence-electron chi connectivity index (χ0n) is 11.0. The molecule has 0 saturated carbocycles. The smallest absolute Gasteiger partial charge is 0.127 e. The van der Waals surface area contributed by atoms with Crippen molar-refractivity contribution in [3.63, 3.8) is 0 Å². The maximum absolute atomic E-state index is 5.78. The number of nitrogens with one attached hydrogen (secondary N) is 1. The Labute approximate surface area is 104 Å². The first-order valence-electron chi connectivity index (χ1n) is 6.35. The number of rotatable bonds is 5. The van der Waals surface area contributed by atoms with E-state index in [2.05, 4.69) is 49.4 Å². The van der Waals surface area contributed by atoms with Crippen LogP contribution in [0.2, 0.25) is 0 Å². The minimum atomic E-state index is 0.350. The van der Waals surface area contributed by atoms with E-state index in [9.17, 15) is 0 Å². The number of fused-ring (bicyclic) bond motifs is 1. The van der Waals surface area contributed by atoms with Gasteiger partial charge in [0.1, 0.15) is 5.75 Å². The number of ether oxygens (including phenoxy) is 1. The van der Waals surface area contributed by atoms with Gasteiger partial charge in [-0.25, -0.2) is 0 Å². The minimum Gasteiger partial charge on any atom is -0.493 e. The first kappa shape index (κ1) is 12.4. The summed E-state index contributed by atoms with van der Waals surface area (Å²) in [4.78, 5) is 2.21. The Kier molecular flexibility index (Phi) is 4.02. The molecule has 1 N–H and O–H groups in total. The van der Waals surface area contributed by atoms with Crippen molar-refractivity contribution in [2.75, 3.05) is 33.8 Å². The first-order chi connectivity index (χ1) is 8.22. The lowest BCUT2D eigenvalue weighted by Gasteiger charge is -2.23. The number of nitrogens with zero attached hydrogens (tertiary/aromatic N) is 1. The topological polar surface area (TPSA) is 24.5 Å². The molecule has 1 unspecified atom stereocenters. The monoisotopic (exact) mass is 234 g/mol. The summed E-state index contributed by atoms with van der Waals surface area (Å²) >= 11 is 0. The van der Waals surface area contributed by atoms with Gasteiger partial charge in [0, 0.05) is 24.6 Å². The summed E-state index contributed by atoms with van der Waals surface area (Å²) in [5.41, 5.74) is 2.65. The second-order valence-electron chi connectivity index (χ2n) is 4.81. The summed E-state index contributed by atoms with van der Waals surface area (Å²) in [6.07, 6.45) is 1.05. The van der Waals surface area contributed by atoms with Gasteiger partial charge in [0.2, 0.25) is 0 Å². The largest absolute Gasteiger partial charge is 0.493 e. The molecule has 1 atom stereocenters. The molecule has 0 radical (unpaired) electrons. The van der Waals surface area contributed by atoms with Gasteiger partial charge in [0.15, 0.2) is 0 Å². The van der Waals surface area contributed by atoms with Crippen LogP contribution in [0.25, 0.3) is 0 Å². The van der Waals surface area contributed by atoms with E-state index in [1.54, 1.807) is 0 Å². The Hall–Kier alpha value is -1.06. The minimum absolute atomic E-state index is 0.350. The lowest BCUT2D eigenvalue weighted by Crippen LogP contribution is -2.31. The molecule has 3 heteroatoms. The third-order valence-electron chi connectivity index (χ3n) is 3.12. The molecule has 1 heterocycles. The quantitative estimate of drug-likeness (QED) is 0.841. The maximum Gasteiger partial charge on any atom is 0.127 e. The molecule has 0 saturated heterocycles. The van der Waals surface area contributed by atoms with Gasteiger partial charge in [0.25, 0.3) is 0 Å². The first-order valence-corrected chi connectivity index (χ1v) is 6.35. The molecule has 1 aromatic carbocycles. The molecule has 0 amide bonds. The Bertz CT molecular complexity index is 376. The zero-order valence-corrected chi connectivity index (χ0v) is 11.0. The third-order valence-corrected chi connectivity index (χ3v) is 3.12. The fourth-order valence-electron chi connectivity index (χ4n) is 2.40. The van der Waals surface area contributed by atoms with Crippen LogP contribution in [0.5, 0.6) is 5.75 Å². The van der Waals surface area contributed by atoms with E-state index in [1.807, 2.05) is 0 Å². The predicted molar refractivity (Wildman–Crippen MR) is 70.6 cm³/mol. The summed E-state index contributed by atoms with van der Waals surface area (Å²) in [6, 6.07) is 6.84. The van der Waals surface area contributed by atoms with Crippen molar-refractivity contribution in [3.8, 4) is 5.75 Å². The van der Waals surface area contributed by atoms with Gasteiger partial charge in [-0.2, -0.15) is 0 Å². The van der Waals surface area contributed by atoms with Crippen molar-refractivity contribution in [1.29, 1.82) is 0 Å². The van der Waals surface area contributed by atoms with Crippen LogP contribution in [0.3, 0.4) is 0 Å². The Morgan fingerprint density at radius 3 is 2.94 bits per heavy atom. The van der Waals surface area contributed by atoms with Gasteiger partial charge in [0.05, 0.1) is 6.61 Å². The molecule has 0 spiro atoms. The van der Waals surface area contributed by atoms with E-state index >= 15 is 0 Å². The van der Waals surface area contributed by atoms with Crippen LogP contribution in [0.4, 0.5) is 0 Å². The van der Waals surface area contributed by atoms with Crippen molar-refractivity contribution in [1.82, 2.24) is 10.2 Å². The molecule has 0 fully saturated rings. The SMILES string of the molecule is CCNC(CN(C)C)c1cccc2c1OCC2. The average Bonchev–Trinajstić information content (AvgIpc) is 2.75. The van der Waals surface area contributed by atoms with Crippen LogP contribution in [0, 0.1) is 0 Å². The molecule has 94 valence electrons. The number of para-hydroxylation sites is 1. The van der Waals surface area contributed by atoms with Crippen molar-refractivity contribution in [3.05, 3.63) is 29.3 Å². The van der Waals surface area contributed by atoms with Crippen LogP contribution in [0.15, 0.2) is 18.2 Å². The highest BCUT2D eigenvalue weighted by Crippen LogP contribution is 2.33. The zero-order chi connectivity index (χ0) is 12.3. The molecule has 2 rings (SSSR count). The van der Waals surface area contributed by atoms with Crippen molar-refractivity contribution < 1.29 is 4.74 Å². The van der Waals surface area contributed by atoms with Gasteiger partial charge in [-0.1, -0.05) is 25.1 Å². The summed E-state index contributed by atoms with van der Waals surface area (Å²) in [5.74, 6) is 1.11. The van der Waals surface area contributed by atoms with Gasteiger partial charge in [-0.15, -0.1) is 0 Å². The van der Waals surface area contributed by atoms with Crippen LogP contribution < -0.4 is 10.1 Å². The summed E-state index contributed by atoms with van der Waals surface area (Å²) in [5, 5.41) is 3.54. The number of hydrogen-bond donors (Lipinski definition) is 1. The summed E-state index contributed by atoms with van der Waals surface area (Å²) in [7, 11) is 4.21. The molecular weight excluding hydrogens is 212 g/mol. The van der Waals surface area contributed by atoms with E-state index in [0.29, 0.717) is 6.04 Å². The fourth-order valence-corrected chi connectivity index (χ4v) is 2.40. The van der Waals surface area contributed by atoms with E-state index < -0.39 is 0 Å². The van der Waals surface area contributed by atoms with Crippen LogP contribution in [-0.4, -0.2) is 38.7 Å². The number of likely N-dealkylation sites (N-methyl/N-ethyl adjacent to an activating group) is 2. The molecule has 17 heavy (non-hydrogen) atoms. The van der Waals surface area contributed by atoms with E-state index in [0.717, 1.165) is 31.9 Å². The maximum atomic E-state index is 5.78. The molecular formula is C14H22N2O. The predicted octanol–water partition coefficient (Wildman–Crippen LogP) is 1.83. The standard InChI is InChI=1S/C14H22N2O/c1-4-15-13(10-16(2)3)12-7-5-6-11-8-9-17-14(11)12/h5-7,13,15H,4,8-10H2,1-3H3. The normalized spacial score (nSPS) is 15.8. The molecule has 0 aromatic heterocycles. The Balaban J connectivity index is 2.26. The molecule has 1 aliphatic rings. The van der Waals surface area contributed by atoms with E-state index in [4.69, 9.17) is 4.74 Å². The van der Waals surface area contributed by atoms with E-state index in [-0.39, 0.29) is 0 Å². The highest BCUT2D eigenvalue weighted by molar-refractivity contribution is 5.45. The van der Waals surface area contributed by atoms with E-state index in [1.165, 1.54) is 11.1 Å². The van der Waals surface area contributed by atoms with Crippen LogP contribution in [0.1, 0.15) is 24.1 Å². The van der Waals surface area contributed by atoms with Gasteiger partial charge < -0.3 is 15.0 Å². The van der Waals surface area contributed by atoms with Crippen LogP contribution >= 0.6 is 0 Å². The number of hydrogen-bond acceptors (Lipinski definition) is 3. The Morgan fingerprint density at radius 2 is 2.24 bits per heavy atom. The van der Waals surface area contributed by atoms with Gasteiger partial charge in [-0.05, 0) is 26.2 Å². The lowest BCUT2D eigenvalue weighted by atomic mass is 10.0. The van der Waals surface area contributed by atoms with Gasteiger partial charge in [-0.3, -0.25) is 0 Å². The Morgan fingerprint density at radius 1 is 1.41 bits per heavy atom. The molecule has 1 aromatic rings. The van der Waals surface area contributed by atoms with Crippen LogP contribution in [-0.2, 0) is 6.42 Å². The third kappa shape index (κ3) is 2.79. The van der Waals surface area contributed by atoms with Crippen molar-refractivity contribution in [2.45, 2.75) is 19.4 Å². The summed E-state index contributed by atoms with van der Waals surface area (Å²) < 4.78 is 5.78. The molecule has 3 nitrogen and oxygen atoms in total. The molecule has 1 aliphatic heterocycles. The molecule has 0 bridgehead atoms. The van der Waals surface area contributed by atoms with Crippen molar-refractivity contribution >= 4 is 0 Å². The van der Waals surface area contributed by atoms with Gasteiger partial charge >= 0.3 is 0 Å². The number of benzene rings is 1. The highest BCUT2D eigenvalue weighted by atomic mass is 16.5. The molecule has 0 aliphatic carbocycles. The average molecular weight is 234 g/mol. The highest BCUT2D eigenvalue weighted by Gasteiger charge is 2.21. The summed E-state index contributed by atoms with van der Waals surface area (Å²) in [6.45, 7) is 4.94. The second kappa shape index (κ2) is 5.52.